The second-order valence-corrected chi connectivity index (χ2v) is 4.96. The summed E-state index contributed by atoms with van der Waals surface area (Å²) in [7, 11) is 2.15. The van der Waals surface area contributed by atoms with Crippen molar-refractivity contribution < 1.29 is 23.4 Å². The maximum absolute atomic E-state index is 11.5. The van der Waals surface area contributed by atoms with E-state index in [2.05, 4.69) is 32.8 Å². The molecule has 0 saturated carbocycles. The molecule has 0 aromatic heterocycles. The van der Waals surface area contributed by atoms with Gasteiger partial charge in [0.05, 0.1) is 0 Å². The van der Waals surface area contributed by atoms with Crippen LogP contribution >= 0.6 is 22.6 Å². The van der Waals surface area contributed by atoms with Crippen LogP contribution in [0.5, 0.6) is 0 Å². The van der Waals surface area contributed by atoms with Gasteiger partial charge in [0.15, 0.2) is 0 Å². The SMILES string of the molecule is CN1CCCNCCCNCCC(=O)NCCC1.[CH2-]I.[V]. The minimum Gasteiger partial charge on any atom is -0.356 e. The fourth-order valence-electron chi connectivity index (χ4n) is 2.04. The summed E-state index contributed by atoms with van der Waals surface area (Å²) in [6, 6.07) is 0. The molecule has 1 rings (SSSR count). The van der Waals surface area contributed by atoms with Gasteiger partial charge >= 0.3 is 0 Å². The van der Waals surface area contributed by atoms with E-state index in [1.807, 2.05) is 22.6 Å². The molecule has 0 aliphatic carbocycles. The van der Waals surface area contributed by atoms with E-state index >= 15 is 0 Å². The van der Waals surface area contributed by atoms with Crippen LogP contribution < -0.4 is 16.0 Å². The molecule has 1 heterocycles. The number of nitrogens with zero attached hydrogens (tertiary/aromatic N) is 1. The van der Waals surface area contributed by atoms with Gasteiger partial charge < -0.3 is 43.4 Å². The van der Waals surface area contributed by atoms with E-state index in [1.165, 1.54) is 6.42 Å². The first kappa shape index (κ1) is 23.9. The third-order valence-corrected chi connectivity index (χ3v) is 3.17. The van der Waals surface area contributed by atoms with E-state index in [1.54, 1.807) is 0 Å². The van der Waals surface area contributed by atoms with Gasteiger partial charge in [-0.15, -0.1) is 0 Å². The molecule has 1 radical (unpaired) electrons. The van der Waals surface area contributed by atoms with Gasteiger partial charge in [0.2, 0.25) is 5.91 Å². The van der Waals surface area contributed by atoms with Crippen molar-refractivity contribution in [3.8, 4) is 0 Å². The zero-order chi connectivity index (χ0) is 15.1. The van der Waals surface area contributed by atoms with Gasteiger partial charge in [-0.25, -0.2) is 0 Å². The van der Waals surface area contributed by atoms with Crippen molar-refractivity contribution in [2.45, 2.75) is 25.7 Å². The van der Waals surface area contributed by atoms with Gasteiger partial charge in [0.25, 0.3) is 0 Å². The molecule has 0 bridgehead atoms. The standard InChI is InChI=1S/C13H28N4O.CH2I.V/c1-17-11-3-8-14-6-2-7-15-10-5-13(18)16-9-4-12-17;1-2;/h14-15H,2-12H2,1H3,(H,16,18);1H2;/q;-1;. The topological polar surface area (TPSA) is 56.4 Å². The van der Waals surface area contributed by atoms with E-state index in [-0.39, 0.29) is 24.5 Å². The quantitative estimate of drug-likeness (QED) is 0.383. The molecular weight excluding hydrogens is 418 g/mol. The van der Waals surface area contributed by atoms with Crippen LogP contribution in [0.1, 0.15) is 25.7 Å². The minimum absolute atomic E-state index is 0. The van der Waals surface area contributed by atoms with E-state index < -0.39 is 0 Å². The van der Waals surface area contributed by atoms with E-state index in [0.29, 0.717) is 6.42 Å². The Balaban J connectivity index is 0. The van der Waals surface area contributed by atoms with Crippen molar-refractivity contribution in [3.63, 3.8) is 0 Å². The van der Waals surface area contributed by atoms with Gasteiger partial charge in [0.1, 0.15) is 0 Å². The molecule has 0 aromatic carbocycles. The molecule has 1 amide bonds. The van der Waals surface area contributed by atoms with Crippen LogP contribution in [0.15, 0.2) is 0 Å². The Morgan fingerprint density at radius 1 is 0.952 bits per heavy atom. The molecule has 0 spiro atoms. The van der Waals surface area contributed by atoms with Crippen LogP contribution in [0.3, 0.4) is 0 Å². The number of carbonyl (C=O) groups is 1. The number of carbonyl (C=O) groups excluding carboxylic acids is 1. The molecule has 1 aliphatic heterocycles. The average molecular weight is 448 g/mol. The molecule has 0 unspecified atom stereocenters. The largest absolute Gasteiger partial charge is 0.356 e. The van der Waals surface area contributed by atoms with Gasteiger partial charge in [-0.1, -0.05) is 0 Å². The first-order valence-corrected chi connectivity index (χ1v) is 8.95. The maximum Gasteiger partial charge on any atom is 0.221 e. The van der Waals surface area contributed by atoms with Crippen molar-refractivity contribution in [1.29, 1.82) is 0 Å². The average Bonchev–Trinajstić information content (AvgIpc) is 2.46. The summed E-state index contributed by atoms with van der Waals surface area (Å²) in [6.07, 6.45) is 3.93. The Morgan fingerprint density at radius 3 is 2.14 bits per heavy atom. The molecule has 1 fully saturated rings. The van der Waals surface area contributed by atoms with Gasteiger partial charge in [-0.2, -0.15) is 0 Å². The second-order valence-electron chi connectivity index (χ2n) is 4.96. The molecule has 125 valence electrons. The first-order chi connectivity index (χ1) is 9.79. The van der Waals surface area contributed by atoms with E-state index in [9.17, 15) is 4.79 Å². The van der Waals surface area contributed by atoms with E-state index in [0.717, 1.165) is 58.7 Å². The summed E-state index contributed by atoms with van der Waals surface area (Å²) in [5.74, 6) is 0.162. The number of amides is 1. The number of hydrogen-bond donors (Lipinski definition) is 3. The summed E-state index contributed by atoms with van der Waals surface area (Å²) in [4.78, 5) is 17.0. The van der Waals surface area contributed by atoms with Crippen molar-refractivity contribution in [2.75, 3.05) is 52.9 Å². The molecule has 1 saturated heterocycles. The van der Waals surface area contributed by atoms with Gasteiger partial charge in [-0.3, -0.25) is 9.73 Å². The Hall–Kier alpha value is 0.664. The number of nitrogens with one attached hydrogen (secondary N) is 3. The predicted octanol–water partition coefficient (Wildman–Crippen LogP) is 0.998. The third-order valence-electron chi connectivity index (χ3n) is 3.17. The van der Waals surface area contributed by atoms with Crippen LogP contribution in [0, 0.1) is 4.93 Å². The summed E-state index contributed by atoms with van der Waals surface area (Å²) in [5.41, 5.74) is 0. The molecule has 0 atom stereocenters. The second kappa shape index (κ2) is 18.7. The van der Waals surface area contributed by atoms with Crippen molar-refractivity contribution >= 4 is 28.5 Å². The van der Waals surface area contributed by atoms with Crippen molar-refractivity contribution in [3.05, 3.63) is 4.93 Å². The Labute approximate surface area is 155 Å². The predicted molar refractivity (Wildman–Crippen MR) is 94.1 cm³/mol. The zero-order valence-corrected chi connectivity index (χ0v) is 16.7. The summed E-state index contributed by atoms with van der Waals surface area (Å²) in [5, 5.41) is 9.71. The smallest absolute Gasteiger partial charge is 0.221 e. The number of rotatable bonds is 0. The summed E-state index contributed by atoms with van der Waals surface area (Å²) >= 11 is 1.90. The Bertz CT molecular complexity index is 235. The first-order valence-electron chi connectivity index (χ1n) is 7.42. The van der Waals surface area contributed by atoms with Crippen molar-refractivity contribution in [1.82, 2.24) is 20.9 Å². The van der Waals surface area contributed by atoms with Gasteiger partial charge in [-0.05, 0) is 59.0 Å². The fraction of sp³-hybridized carbons (Fsp3) is 0.857. The molecule has 0 aromatic rings. The third kappa shape index (κ3) is 16.9. The zero-order valence-electron chi connectivity index (χ0n) is 13.2. The molecule has 3 N–H and O–H groups in total. The van der Waals surface area contributed by atoms with Crippen LogP contribution in [0.4, 0.5) is 0 Å². The fourth-order valence-corrected chi connectivity index (χ4v) is 2.04. The summed E-state index contributed by atoms with van der Waals surface area (Å²) < 4.78 is 0. The molecule has 5 nitrogen and oxygen atoms in total. The van der Waals surface area contributed by atoms with Crippen LogP contribution in [0.25, 0.3) is 0 Å². The monoisotopic (exact) mass is 448 g/mol. The minimum atomic E-state index is 0. The Kier molecular flexibility index (Phi) is 21.3. The molecular formula is C14H30IN4OV-. The molecule has 1 aliphatic rings. The van der Waals surface area contributed by atoms with Crippen molar-refractivity contribution in [2.24, 2.45) is 0 Å². The Morgan fingerprint density at radius 2 is 1.48 bits per heavy atom. The van der Waals surface area contributed by atoms with Crippen LogP contribution in [-0.4, -0.2) is 63.7 Å². The molecule has 21 heavy (non-hydrogen) atoms. The van der Waals surface area contributed by atoms with Crippen LogP contribution in [0.2, 0.25) is 0 Å². The normalized spacial score (nSPS) is 20.4. The number of halogens is 1. The van der Waals surface area contributed by atoms with E-state index in [4.69, 9.17) is 0 Å². The molecule has 7 heteroatoms. The van der Waals surface area contributed by atoms with Crippen LogP contribution in [-0.2, 0) is 23.4 Å². The maximum atomic E-state index is 11.5. The van der Waals surface area contributed by atoms with Gasteiger partial charge in [0, 0.05) is 38.1 Å². The number of hydrogen-bond acceptors (Lipinski definition) is 4. The summed E-state index contributed by atoms with van der Waals surface area (Å²) in [6.45, 7) is 6.90.